The van der Waals surface area contributed by atoms with Crippen LogP contribution in [0.4, 0.5) is 13.2 Å². The molecule has 2 saturated heterocycles. The standard InChI is InChI=1S/C23H23F3N2O3/c24-18-4-2-1-3-17(18)21(29)27-14-16-7-8-23(31-16)9-11-28(12-10-23)22(30)15-5-6-19(25)20(26)13-15/h1-6,13,16H,7-12,14H2,(H,27,29). The average molecular weight is 432 g/mol. The largest absolute Gasteiger partial charge is 0.370 e. The molecule has 164 valence electrons. The van der Waals surface area contributed by atoms with Crippen LogP contribution in [-0.2, 0) is 4.74 Å². The number of nitrogens with one attached hydrogen (secondary N) is 1. The Bertz CT molecular complexity index is 990. The first kappa shape index (κ1) is 21.4. The fraction of sp³-hybridized carbons (Fsp3) is 0.391. The van der Waals surface area contributed by atoms with Crippen molar-refractivity contribution in [1.82, 2.24) is 10.2 Å². The van der Waals surface area contributed by atoms with Crippen LogP contribution in [-0.4, -0.2) is 48.1 Å². The molecule has 2 fully saturated rings. The number of rotatable bonds is 4. The van der Waals surface area contributed by atoms with Gasteiger partial charge in [0.25, 0.3) is 11.8 Å². The van der Waals surface area contributed by atoms with Crippen LogP contribution in [0.15, 0.2) is 42.5 Å². The minimum Gasteiger partial charge on any atom is -0.370 e. The normalized spacial score (nSPS) is 20.1. The van der Waals surface area contributed by atoms with E-state index in [9.17, 15) is 22.8 Å². The van der Waals surface area contributed by atoms with Crippen molar-refractivity contribution in [3.63, 3.8) is 0 Å². The summed E-state index contributed by atoms with van der Waals surface area (Å²) in [7, 11) is 0. The highest BCUT2D eigenvalue weighted by Crippen LogP contribution is 2.39. The van der Waals surface area contributed by atoms with Crippen molar-refractivity contribution in [2.24, 2.45) is 0 Å². The molecule has 2 aromatic carbocycles. The quantitative estimate of drug-likeness (QED) is 0.802. The summed E-state index contributed by atoms with van der Waals surface area (Å²) in [6.07, 6.45) is 2.64. The second kappa shape index (κ2) is 8.70. The molecule has 2 aliphatic heterocycles. The Morgan fingerprint density at radius 1 is 1.00 bits per heavy atom. The predicted molar refractivity (Wildman–Crippen MR) is 107 cm³/mol. The number of hydrogen-bond acceptors (Lipinski definition) is 3. The number of halogens is 3. The van der Waals surface area contributed by atoms with Crippen molar-refractivity contribution in [3.05, 3.63) is 71.0 Å². The lowest BCUT2D eigenvalue weighted by Crippen LogP contribution is -2.47. The summed E-state index contributed by atoms with van der Waals surface area (Å²) in [6, 6.07) is 8.96. The Morgan fingerprint density at radius 3 is 2.45 bits per heavy atom. The molecule has 2 heterocycles. The molecule has 4 rings (SSSR count). The molecule has 0 radical (unpaired) electrons. The van der Waals surface area contributed by atoms with E-state index in [0.29, 0.717) is 25.9 Å². The van der Waals surface area contributed by atoms with E-state index in [-0.39, 0.29) is 35.3 Å². The zero-order chi connectivity index (χ0) is 22.0. The van der Waals surface area contributed by atoms with Crippen LogP contribution in [0.5, 0.6) is 0 Å². The topological polar surface area (TPSA) is 58.6 Å². The summed E-state index contributed by atoms with van der Waals surface area (Å²) < 4.78 is 46.5. The van der Waals surface area contributed by atoms with Crippen molar-refractivity contribution >= 4 is 11.8 Å². The van der Waals surface area contributed by atoms with Gasteiger partial charge < -0.3 is 15.0 Å². The van der Waals surface area contributed by atoms with E-state index in [2.05, 4.69) is 5.32 Å². The van der Waals surface area contributed by atoms with Gasteiger partial charge >= 0.3 is 0 Å². The molecule has 1 unspecified atom stereocenters. The van der Waals surface area contributed by atoms with Crippen molar-refractivity contribution in [1.29, 1.82) is 0 Å². The lowest BCUT2D eigenvalue weighted by Gasteiger charge is -2.39. The SMILES string of the molecule is O=C(NCC1CCC2(CCN(C(=O)c3ccc(F)c(F)c3)CC2)O1)c1ccccc1F. The molecule has 1 N–H and O–H groups in total. The second-order valence-corrected chi connectivity index (χ2v) is 8.07. The third kappa shape index (κ3) is 4.58. The van der Waals surface area contributed by atoms with E-state index in [1.54, 1.807) is 11.0 Å². The van der Waals surface area contributed by atoms with E-state index in [1.807, 2.05) is 0 Å². The number of carbonyl (C=O) groups is 2. The first-order chi connectivity index (χ1) is 14.9. The highest BCUT2D eigenvalue weighted by atomic mass is 19.2. The van der Waals surface area contributed by atoms with Gasteiger partial charge in [0.15, 0.2) is 11.6 Å². The van der Waals surface area contributed by atoms with E-state index in [1.165, 1.54) is 24.3 Å². The van der Waals surface area contributed by atoms with Gasteiger partial charge in [-0.05, 0) is 56.0 Å². The summed E-state index contributed by atoms with van der Waals surface area (Å²) in [5.74, 6) is -3.41. The number of amides is 2. The molecule has 8 heteroatoms. The monoisotopic (exact) mass is 432 g/mol. The molecule has 2 aliphatic rings. The molecule has 0 bridgehead atoms. The lowest BCUT2D eigenvalue weighted by atomic mass is 9.88. The Balaban J connectivity index is 1.28. The molecule has 0 aliphatic carbocycles. The fourth-order valence-electron chi connectivity index (χ4n) is 4.28. The number of nitrogens with zero attached hydrogens (tertiary/aromatic N) is 1. The van der Waals surface area contributed by atoms with E-state index in [4.69, 9.17) is 4.74 Å². The summed E-state index contributed by atoms with van der Waals surface area (Å²) >= 11 is 0. The zero-order valence-corrected chi connectivity index (χ0v) is 16.9. The summed E-state index contributed by atoms with van der Waals surface area (Å²) in [5, 5.41) is 2.73. The molecule has 0 saturated carbocycles. The molecule has 2 amide bonds. The van der Waals surface area contributed by atoms with E-state index >= 15 is 0 Å². The second-order valence-electron chi connectivity index (χ2n) is 8.07. The minimum atomic E-state index is -1.04. The maximum Gasteiger partial charge on any atom is 0.254 e. The van der Waals surface area contributed by atoms with Crippen LogP contribution in [0, 0.1) is 17.5 Å². The molecule has 2 aromatic rings. The van der Waals surface area contributed by atoms with Gasteiger partial charge in [-0.1, -0.05) is 12.1 Å². The molecular formula is C23H23F3N2O3. The maximum atomic E-state index is 13.7. The number of piperidine rings is 1. The van der Waals surface area contributed by atoms with Crippen molar-refractivity contribution < 1.29 is 27.5 Å². The van der Waals surface area contributed by atoms with Gasteiger partial charge in [0.1, 0.15) is 5.82 Å². The van der Waals surface area contributed by atoms with Crippen molar-refractivity contribution in [3.8, 4) is 0 Å². The van der Waals surface area contributed by atoms with Gasteiger partial charge in [0.2, 0.25) is 0 Å². The van der Waals surface area contributed by atoms with Crippen molar-refractivity contribution in [2.75, 3.05) is 19.6 Å². The zero-order valence-electron chi connectivity index (χ0n) is 16.9. The number of carbonyl (C=O) groups excluding carboxylic acids is 2. The van der Waals surface area contributed by atoms with Crippen LogP contribution in [0.3, 0.4) is 0 Å². The highest BCUT2D eigenvalue weighted by Gasteiger charge is 2.43. The Hall–Kier alpha value is -2.87. The number of likely N-dealkylation sites (tertiary alicyclic amines) is 1. The first-order valence-electron chi connectivity index (χ1n) is 10.3. The Morgan fingerprint density at radius 2 is 1.74 bits per heavy atom. The van der Waals surface area contributed by atoms with Crippen LogP contribution in [0.2, 0.25) is 0 Å². The molecule has 0 aromatic heterocycles. The maximum absolute atomic E-state index is 13.7. The Kier molecular flexibility index (Phi) is 6.00. The molecule has 1 atom stereocenters. The minimum absolute atomic E-state index is 0.000684. The molecule has 5 nitrogen and oxygen atoms in total. The average Bonchev–Trinajstić information content (AvgIpc) is 3.17. The van der Waals surface area contributed by atoms with Crippen LogP contribution < -0.4 is 5.32 Å². The summed E-state index contributed by atoms with van der Waals surface area (Å²) in [6.45, 7) is 1.19. The number of benzene rings is 2. The third-order valence-electron chi connectivity index (χ3n) is 6.08. The Labute approximate surface area is 178 Å². The first-order valence-corrected chi connectivity index (χ1v) is 10.3. The van der Waals surface area contributed by atoms with Crippen LogP contribution in [0.25, 0.3) is 0 Å². The van der Waals surface area contributed by atoms with Gasteiger partial charge in [-0.3, -0.25) is 9.59 Å². The number of ether oxygens (including phenoxy) is 1. The summed E-state index contributed by atoms with van der Waals surface area (Å²) in [5.41, 5.74) is -0.242. The van der Waals surface area contributed by atoms with Gasteiger partial charge in [-0.2, -0.15) is 0 Å². The molecule has 31 heavy (non-hydrogen) atoms. The van der Waals surface area contributed by atoms with Crippen LogP contribution >= 0.6 is 0 Å². The highest BCUT2D eigenvalue weighted by molar-refractivity contribution is 5.94. The predicted octanol–water partition coefficient (Wildman–Crippen LogP) is 3.69. The van der Waals surface area contributed by atoms with Gasteiger partial charge in [0.05, 0.1) is 17.3 Å². The number of hydrogen-bond donors (Lipinski definition) is 1. The van der Waals surface area contributed by atoms with Gasteiger partial charge in [-0.15, -0.1) is 0 Å². The van der Waals surface area contributed by atoms with Crippen molar-refractivity contribution in [2.45, 2.75) is 37.4 Å². The molecular weight excluding hydrogens is 409 g/mol. The van der Waals surface area contributed by atoms with E-state index in [0.717, 1.165) is 25.0 Å². The van der Waals surface area contributed by atoms with Gasteiger partial charge in [0, 0.05) is 25.2 Å². The smallest absolute Gasteiger partial charge is 0.254 e. The molecule has 1 spiro atoms. The fourth-order valence-corrected chi connectivity index (χ4v) is 4.28. The lowest BCUT2D eigenvalue weighted by molar-refractivity contribution is -0.0712. The van der Waals surface area contributed by atoms with Crippen LogP contribution in [0.1, 0.15) is 46.4 Å². The van der Waals surface area contributed by atoms with E-state index < -0.39 is 23.4 Å². The summed E-state index contributed by atoms with van der Waals surface area (Å²) in [4.78, 5) is 26.4. The third-order valence-corrected chi connectivity index (χ3v) is 6.08. The van der Waals surface area contributed by atoms with Gasteiger partial charge in [-0.25, -0.2) is 13.2 Å².